The molecule has 0 unspecified atom stereocenters. The Morgan fingerprint density at radius 3 is 1.73 bits per heavy atom. The average molecular weight is 877 g/mol. The number of aryl methyl sites for hydroxylation is 4. The lowest BCUT2D eigenvalue weighted by Crippen LogP contribution is -2.61. The molecule has 0 spiro atoms. The molecule has 2 aromatic heterocycles. The second kappa shape index (κ2) is 14.9. The van der Waals surface area contributed by atoms with Crippen molar-refractivity contribution in [2.45, 2.75) is 106 Å². The zero-order valence-corrected chi connectivity index (χ0v) is 41.5. The fourth-order valence-electron chi connectivity index (χ4n) is 11.0. The van der Waals surface area contributed by atoms with Crippen molar-refractivity contribution in [3.05, 3.63) is 173 Å². The molecule has 0 amide bonds. The molecule has 7 aromatic carbocycles. The molecular weight excluding hydrogens is 816 g/mol. The van der Waals surface area contributed by atoms with Gasteiger partial charge in [-0.05, 0) is 147 Å². The summed E-state index contributed by atoms with van der Waals surface area (Å²) in [6.07, 6.45) is 1.93. The molecule has 11 rings (SSSR count). The standard InChI is InChI=1S/C62H61BN2O2/c1-36-27-51-56-52(28-36)65(57-37(2)29-43(30-38(57)3)61(8,9)10)59-55(47-33-42(60(5,6)7)24-26-54(47)67-59)63(56)49-32-41(48-35-66-53-22-18-17-21-45(48)53)23-25-50(49)64(51)58-39(4)31-44(62(11,12)13)34-46(58)40-19-15-14-16-20-40/h14-35H,1-13H3. The maximum absolute atomic E-state index is 7.35. The lowest BCUT2D eigenvalue weighted by atomic mass is 9.33. The molecule has 0 radical (unpaired) electrons. The van der Waals surface area contributed by atoms with Crippen LogP contribution in [0.25, 0.3) is 44.2 Å². The minimum Gasteiger partial charge on any atom is -0.464 e. The molecule has 0 aliphatic carbocycles. The Kier molecular flexibility index (Phi) is 9.53. The number of fused-ring (bicyclic) bond motifs is 7. The molecule has 9 aromatic rings. The van der Waals surface area contributed by atoms with Gasteiger partial charge in [-0.1, -0.05) is 147 Å². The van der Waals surface area contributed by atoms with Gasteiger partial charge in [-0.25, -0.2) is 0 Å². The number of anilines is 6. The van der Waals surface area contributed by atoms with Gasteiger partial charge in [0, 0.05) is 44.4 Å². The van der Waals surface area contributed by atoms with Crippen molar-refractivity contribution in [1.82, 2.24) is 0 Å². The first-order valence-electron chi connectivity index (χ1n) is 24.0. The maximum Gasteiger partial charge on any atom is 0.257 e. The van der Waals surface area contributed by atoms with Crippen LogP contribution >= 0.6 is 0 Å². The van der Waals surface area contributed by atoms with E-state index >= 15 is 0 Å². The van der Waals surface area contributed by atoms with Crippen LogP contribution < -0.4 is 26.2 Å². The molecule has 5 heteroatoms. The van der Waals surface area contributed by atoms with Gasteiger partial charge >= 0.3 is 0 Å². The van der Waals surface area contributed by atoms with Gasteiger partial charge in [0.25, 0.3) is 6.71 Å². The van der Waals surface area contributed by atoms with Crippen molar-refractivity contribution in [2.24, 2.45) is 0 Å². The summed E-state index contributed by atoms with van der Waals surface area (Å²) in [5, 5.41) is 2.26. The van der Waals surface area contributed by atoms with E-state index in [0.717, 1.165) is 50.3 Å². The summed E-state index contributed by atoms with van der Waals surface area (Å²) >= 11 is 0. The highest BCUT2D eigenvalue weighted by Crippen LogP contribution is 2.51. The largest absolute Gasteiger partial charge is 0.464 e. The van der Waals surface area contributed by atoms with Crippen LogP contribution in [-0.2, 0) is 16.2 Å². The topological polar surface area (TPSA) is 32.8 Å². The number of rotatable bonds is 4. The molecule has 0 saturated carbocycles. The quantitative estimate of drug-likeness (QED) is 0.165. The second-order valence-electron chi connectivity index (χ2n) is 22.5. The van der Waals surface area contributed by atoms with Crippen LogP contribution in [0, 0.1) is 27.7 Å². The monoisotopic (exact) mass is 876 g/mol. The Morgan fingerprint density at radius 2 is 1.06 bits per heavy atom. The van der Waals surface area contributed by atoms with E-state index in [1.165, 1.54) is 83.5 Å². The van der Waals surface area contributed by atoms with Gasteiger partial charge in [0.05, 0.1) is 17.6 Å². The third-order valence-electron chi connectivity index (χ3n) is 14.5. The maximum atomic E-state index is 7.35. The van der Waals surface area contributed by atoms with Crippen molar-refractivity contribution in [3.63, 3.8) is 0 Å². The molecule has 0 atom stereocenters. The highest BCUT2D eigenvalue weighted by Gasteiger charge is 2.47. The predicted octanol–water partition coefficient (Wildman–Crippen LogP) is 15.7. The SMILES string of the molecule is Cc1cc2c3c(c1)N(c1c(C)cc(C(C)(C)C)cc1C)c1oc4ccc(C(C)(C)C)cc4c1B3c1cc(-c3coc4ccccc34)ccc1N2c1c(C)cc(C(C)(C)C)cc1-c1ccccc1. The smallest absolute Gasteiger partial charge is 0.257 e. The van der Waals surface area contributed by atoms with E-state index < -0.39 is 0 Å². The van der Waals surface area contributed by atoms with Crippen molar-refractivity contribution in [3.8, 4) is 22.3 Å². The Morgan fingerprint density at radius 1 is 0.448 bits per heavy atom. The summed E-state index contributed by atoms with van der Waals surface area (Å²) < 4.78 is 13.6. The molecule has 2 aliphatic heterocycles. The van der Waals surface area contributed by atoms with Crippen LogP contribution in [0.1, 0.15) is 101 Å². The van der Waals surface area contributed by atoms with E-state index in [4.69, 9.17) is 8.83 Å². The Balaban J connectivity index is 1.30. The fourth-order valence-corrected chi connectivity index (χ4v) is 11.0. The van der Waals surface area contributed by atoms with Crippen LogP contribution in [0.3, 0.4) is 0 Å². The van der Waals surface area contributed by atoms with E-state index in [2.05, 4.69) is 221 Å². The van der Waals surface area contributed by atoms with Crippen LogP contribution in [0.4, 0.5) is 34.3 Å². The Bertz CT molecular complexity index is 3450. The van der Waals surface area contributed by atoms with E-state index in [1.807, 2.05) is 12.3 Å². The number of para-hydroxylation sites is 1. The van der Waals surface area contributed by atoms with Gasteiger partial charge in [-0.15, -0.1) is 0 Å². The first-order chi connectivity index (χ1) is 31.8. The van der Waals surface area contributed by atoms with E-state index in [1.54, 1.807) is 0 Å². The van der Waals surface area contributed by atoms with Gasteiger partial charge in [0.1, 0.15) is 11.2 Å². The Labute approximate surface area is 397 Å². The summed E-state index contributed by atoms with van der Waals surface area (Å²) in [4.78, 5) is 5.09. The molecule has 0 fully saturated rings. The number of nitrogens with zero attached hydrogens (tertiary/aromatic N) is 2. The number of hydrogen-bond acceptors (Lipinski definition) is 4. The highest BCUT2D eigenvalue weighted by molar-refractivity contribution is 7.01. The lowest BCUT2D eigenvalue weighted by molar-refractivity contribution is 0.588. The van der Waals surface area contributed by atoms with Crippen molar-refractivity contribution < 1.29 is 8.83 Å². The summed E-state index contributed by atoms with van der Waals surface area (Å²) in [5.74, 6) is 0.888. The summed E-state index contributed by atoms with van der Waals surface area (Å²) in [7, 11) is 0. The van der Waals surface area contributed by atoms with Gasteiger partial charge in [0.15, 0.2) is 0 Å². The summed E-state index contributed by atoms with van der Waals surface area (Å²) in [6.45, 7) is 29.8. The highest BCUT2D eigenvalue weighted by atomic mass is 16.4. The third kappa shape index (κ3) is 6.79. The summed E-state index contributed by atoms with van der Waals surface area (Å²) in [6, 6.07) is 47.9. The lowest BCUT2D eigenvalue weighted by Gasteiger charge is -2.44. The number of furan rings is 2. The van der Waals surface area contributed by atoms with E-state index in [0.29, 0.717) is 0 Å². The predicted molar refractivity (Wildman–Crippen MR) is 286 cm³/mol. The fraction of sp³-hybridized carbons (Fsp3) is 0.258. The van der Waals surface area contributed by atoms with E-state index in [9.17, 15) is 0 Å². The molecule has 0 bridgehead atoms. The van der Waals surface area contributed by atoms with Gasteiger partial charge in [-0.3, -0.25) is 4.90 Å². The molecule has 334 valence electrons. The normalized spacial score (nSPS) is 13.7. The molecule has 4 heterocycles. The van der Waals surface area contributed by atoms with Crippen molar-refractivity contribution in [2.75, 3.05) is 9.80 Å². The second-order valence-corrected chi connectivity index (χ2v) is 22.5. The van der Waals surface area contributed by atoms with Crippen LogP contribution in [0.5, 0.6) is 0 Å². The van der Waals surface area contributed by atoms with Crippen LogP contribution in [0.2, 0.25) is 0 Å². The first-order valence-corrected chi connectivity index (χ1v) is 24.0. The molecule has 0 saturated heterocycles. The third-order valence-corrected chi connectivity index (χ3v) is 14.5. The number of benzene rings is 7. The average Bonchev–Trinajstić information content (AvgIpc) is 3.88. The number of hydrogen-bond donors (Lipinski definition) is 0. The molecule has 67 heavy (non-hydrogen) atoms. The van der Waals surface area contributed by atoms with Gasteiger partial charge < -0.3 is 13.7 Å². The van der Waals surface area contributed by atoms with Gasteiger partial charge in [-0.2, -0.15) is 0 Å². The Hall–Kier alpha value is -6.72. The van der Waals surface area contributed by atoms with Crippen molar-refractivity contribution >= 4 is 79.4 Å². The van der Waals surface area contributed by atoms with Gasteiger partial charge in [0.2, 0.25) is 5.88 Å². The minimum atomic E-state index is -0.151. The molecule has 4 nitrogen and oxygen atoms in total. The van der Waals surface area contributed by atoms with E-state index in [-0.39, 0.29) is 23.0 Å². The molecule has 0 N–H and O–H groups in total. The molecular formula is C62H61BN2O2. The summed E-state index contributed by atoms with van der Waals surface area (Å²) in [5.41, 5.74) is 24.7. The zero-order chi connectivity index (χ0) is 47.1. The van der Waals surface area contributed by atoms with Crippen molar-refractivity contribution in [1.29, 1.82) is 0 Å². The van der Waals surface area contributed by atoms with Crippen LogP contribution in [0.15, 0.2) is 142 Å². The van der Waals surface area contributed by atoms with Crippen LogP contribution in [-0.4, -0.2) is 6.71 Å². The first kappa shape index (κ1) is 42.9. The minimum absolute atomic E-state index is 0.00346. The zero-order valence-electron chi connectivity index (χ0n) is 41.5. The molecule has 2 aliphatic rings.